The number of allylic oxidation sites excluding steroid dienone is 1. The number of alkyl carbamates (subject to hydrolysis) is 1. The first kappa shape index (κ1) is 33.6. The van der Waals surface area contributed by atoms with Crippen LogP contribution in [0.5, 0.6) is 0 Å². The summed E-state index contributed by atoms with van der Waals surface area (Å²) in [5.74, 6) is -0.875. The van der Waals surface area contributed by atoms with Crippen molar-refractivity contribution in [3.63, 3.8) is 0 Å². The van der Waals surface area contributed by atoms with Crippen LogP contribution >= 0.6 is 0 Å². The minimum Gasteiger partial charge on any atom is -0.462 e. The van der Waals surface area contributed by atoms with Crippen molar-refractivity contribution in [1.29, 1.82) is 0 Å². The molecular formula is C32H41N5O7. The van der Waals surface area contributed by atoms with Gasteiger partial charge >= 0.3 is 12.1 Å². The van der Waals surface area contributed by atoms with Crippen LogP contribution in [0, 0.1) is 5.92 Å². The summed E-state index contributed by atoms with van der Waals surface area (Å²) in [4.78, 5) is 66.6. The standard InChI is InChI=1S/C32H41N5O7/c1-21(2)18-23-10-8-11-24-19-25(33-29(23)24)20-37-15-9-13-27(31(37)41)34-30(40)26(12-6-7-14-28(39)36(4)5)35-32(42)44-17-16-43-22(3)38/h7-11,13-15,19,21,26,33H,6,12,16-18,20H2,1-5H3,(H,34,40)(H,35,42)/b14-7+/t26-/m0/s1. The van der Waals surface area contributed by atoms with Crippen molar-refractivity contribution in [1.82, 2.24) is 19.8 Å². The number of rotatable bonds is 14. The molecule has 0 spiro atoms. The number of nitrogens with zero attached hydrogens (tertiary/aromatic N) is 2. The number of nitrogens with one attached hydrogen (secondary N) is 3. The molecule has 1 atom stereocenters. The molecule has 12 heteroatoms. The Labute approximate surface area is 256 Å². The Bertz CT molecular complexity index is 1550. The number of likely N-dealkylation sites (N-methyl/N-ethyl adjacent to an activating group) is 1. The molecule has 0 aliphatic rings. The van der Waals surface area contributed by atoms with E-state index in [0.717, 1.165) is 23.0 Å². The number of H-pyrrole nitrogens is 1. The lowest BCUT2D eigenvalue weighted by Gasteiger charge is -2.18. The van der Waals surface area contributed by atoms with Gasteiger partial charge in [0.25, 0.3) is 5.56 Å². The Kier molecular flexibility index (Phi) is 12.3. The fraction of sp³-hybridized carbons (Fsp3) is 0.406. The van der Waals surface area contributed by atoms with Crippen LogP contribution in [0.3, 0.4) is 0 Å². The first-order valence-corrected chi connectivity index (χ1v) is 14.5. The van der Waals surface area contributed by atoms with Crippen LogP contribution in [-0.2, 0) is 36.8 Å². The number of para-hydroxylation sites is 1. The maximum atomic E-state index is 13.3. The summed E-state index contributed by atoms with van der Waals surface area (Å²) in [7, 11) is 3.23. The SMILES string of the molecule is CC(=O)OCCOC(=O)N[C@@H](CC/C=C/C(=O)N(C)C)C(=O)Nc1cccn(Cc2cc3cccc(CC(C)C)c3[nH]2)c1=O. The zero-order chi connectivity index (χ0) is 32.2. The molecular weight excluding hydrogens is 566 g/mol. The first-order chi connectivity index (χ1) is 20.9. The van der Waals surface area contributed by atoms with Crippen molar-refractivity contribution in [3.8, 4) is 0 Å². The highest BCUT2D eigenvalue weighted by molar-refractivity contribution is 5.96. The van der Waals surface area contributed by atoms with Gasteiger partial charge in [-0.3, -0.25) is 19.2 Å². The highest BCUT2D eigenvalue weighted by Crippen LogP contribution is 2.22. The fourth-order valence-corrected chi connectivity index (χ4v) is 4.50. The van der Waals surface area contributed by atoms with E-state index in [1.54, 1.807) is 32.4 Å². The van der Waals surface area contributed by atoms with E-state index in [2.05, 4.69) is 35.5 Å². The number of ether oxygens (including phenoxy) is 2. The number of carbonyl (C=O) groups excluding carboxylic acids is 4. The van der Waals surface area contributed by atoms with E-state index < -0.39 is 29.6 Å². The maximum absolute atomic E-state index is 13.3. The van der Waals surface area contributed by atoms with Gasteiger partial charge in [0.2, 0.25) is 11.8 Å². The average Bonchev–Trinajstić information content (AvgIpc) is 3.38. The zero-order valence-corrected chi connectivity index (χ0v) is 25.8. The van der Waals surface area contributed by atoms with E-state index in [4.69, 9.17) is 9.47 Å². The minimum atomic E-state index is -1.09. The van der Waals surface area contributed by atoms with Crippen LogP contribution in [-0.4, -0.2) is 71.7 Å². The second-order valence-electron chi connectivity index (χ2n) is 11.0. The molecule has 0 fully saturated rings. The molecule has 0 bridgehead atoms. The minimum absolute atomic E-state index is 0.0439. The fourth-order valence-electron chi connectivity index (χ4n) is 4.50. The van der Waals surface area contributed by atoms with Crippen molar-refractivity contribution in [2.45, 2.75) is 52.6 Å². The van der Waals surface area contributed by atoms with Gasteiger partial charge in [-0.1, -0.05) is 38.1 Å². The van der Waals surface area contributed by atoms with Crippen LogP contribution < -0.4 is 16.2 Å². The van der Waals surface area contributed by atoms with Crippen LogP contribution in [0.15, 0.2) is 59.5 Å². The molecule has 236 valence electrons. The zero-order valence-electron chi connectivity index (χ0n) is 25.8. The van der Waals surface area contributed by atoms with E-state index in [1.165, 1.54) is 34.1 Å². The van der Waals surface area contributed by atoms with Gasteiger partial charge in [-0.15, -0.1) is 0 Å². The lowest BCUT2D eigenvalue weighted by atomic mass is 10.0. The van der Waals surface area contributed by atoms with Crippen LogP contribution in [0.25, 0.3) is 10.9 Å². The predicted molar refractivity (Wildman–Crippen MR) is 167 cm³/mol. The number of aromatic nitrogens is 2. The maximum Gasteiger partial charge on any atom is 0.407 e. The molecule has 12 nitrogen and oxygen atoms in total. The molecule has 1 aromatic carbocycles. The number of anilines is 1. The van der Waals surface area contributed by atoms with Crippen LogP contribution in [0.2, 0.25) is 0 Å². The molecule has 0 saturated heterocycles. The summed E-state index contributed by atoms with van der Waals surface area (Å²) < 4.78 is 11.2. The van der Waals surface area contributed by atoms with Gasteiger partial charge in [0.05, 0.1) is 6.54 Å². The van der Waals surface area contributed by atoms with E-state index in [1.807, 2.05) is 18.2 Å². The Morgan fingerprint density at radius 3 is 2.52 bits per heavy atom. The monoisotopic (exact) mass is 607 g/mol. The van der Waals surface area contributed by atoms with Crippen molar-refractivity contribution < 1.29 is 28.7 Å². The van der Waals surface area contributed by atoms with Gasteiger partial charge in [-0.05, 0) is 60.4 Å². The largest absolute Gasteiger partial charge is 0.462 e. The highest BCUT2D eigenvalue weighted by atomic mass is 16.6. The van der Waals surface area contributed by atoms with E-state index >= 15 is 0 Å². The number of carbonyl (C=O) groups is 4. The summed E-state index contributed by atoms with van der Waals surface area (Å²) in [6.45, 7) is 5.50. The molecule has 2 heterocycles. The van der Waals surface area contributed by atoms with Crippen molar-refractivity contribution in [3.05, 3.63) is 76.4 Å². The molecule has 3 N–H and O–H groups in total. The van der Waals surface area contributed by atoms with Gasteiger partial charge in [0, 0.05) is 38.4 Å². The van der Waals surface area contributed by atoms with Crippen molar-refractivity contribution in [2.24, 2.45) is 5.92 Å². The number of benzene rings is 1. The summed E-state index contributed by atoms with van der Waals surface area (Å²) >= 11 is 0. The number of fused-ring (bicyclic) bond motifs is 1. The number of hydrogen-bond donors (Lipinski definition) is 3. The lowest BCUT2D eigenvalue weighted by Crippen LogP contribution is -2.45. The first-order valence-electron chi connectivity index (χ1n) is 14.5. The lowest BCUT2D eigenvalue weighted by molar-refractivity contribution is -0.142. The van der Waals surface area contributed by atoms with Gasteiger partial charge in [-0.2, -0.15) is 0 Å². The van der Waals surface area contributed by atoms with Gasteiger partial charge in [-0.25, -0.2) is 4.79 Å². The van der Waals surface area contributed by atoms with Crippen LogP contribution in [0.1, 0.15) is 44.9 Å². The molecule has 0 aliphatic carbocycles. The Morgan fingerprint density at radius 1 is 1.07 bits per heavy atom. The highest BCUT2D eigenvalue weighted by Gasteiger charge is 2.22. The third kappa shape index (κ3) is 10.1. The van der Waals surface area contributed by atoms with E-state index in [-0.39, 0.29) is 44.2 Å². The summed E-state index contributed by atoms with van der Waals surface area (Å²) in [5, 5.41) is 6.18. The summed E-state index contributed by atoms with van der Waals surface area (Å²) in [6, 6.07) is 10.2. The molecule has 0 radical (unpaired) electrons. The second kappa shape index (κ2) is 16.1. The quantitative estimate of drug-likeness (QED) is 0.144. The predicted octanol–water partition coefficient (Wildman–Crippen LogP) is 3.60. The van der Waals surface area contributed by atoms with E-state index in [0.29, 0.717) is 5.92 Å². The molecule has 0 saturated carbocycles. The molecule has 44 heavy (non-hydrogen) atoms. The van der Waals surface area contributed by atoms with Crippen LogP contribution in [0.4, 0.5) is 10.5 Å². The third-order valence-electron chi connectivity index (χ3n) is 6.60. The normalized spacial score (nSPS) is 11.9. The Morgan fingerprint density at radius 2 is 1.82 bits per heavy atom. The number of pyridine rings is 1. The Hall–Kier alpha value is -4.87. The Balaban J connectivity index is 1.73. The molecule has 2 aromatic heterocycles. The summed E-state index contributed by atoms with van der Waals surface area (Å²) in [6.07, 6.45) is 5.04. The van der Waals surface area contributed by atoms with Crippen molar-refractivity contribution >= 4 is 40.5 Å². The van der Waals surface area contributed by atoms with Crippen molar-refractivity contribution in [2.75, 3.05) is 32.6 Å². The van der Waals surface area contributed by atoms with Gasteiger partial charge in [0.15, 0.2) is 0 Å². The average molecular weight is 608 g/mol. The summed E-state index contributed by atoms with van der Waals surface area (Å²) in [5.41, 5.74) is 2.73. The topological polar surface area (TPSA) is 152 Å². The van der Waals surface area contributed by atoms with Gasteiger partial charge in [0.1, 0.15) is 24.9 Å². The van der Waals surface area contributed by atoms with E-state index in [9.17, 15) is 24.0 Å². The second-order valence-corrected chi connectivity index (χ2v) is 11.0. The number of amides is 3. The molecule has 3 rings (SSSR count). The molecule has 3 amide bonds. The third-order valence-corrected chi connectivity index (χ3v) is 6.60. The van der Waals surface area contributed by atoms with Gasteiger partial charge < -0.3 is 34.6 Å². The molecule has 0 unspecified atom stereocenters. The molecule has 0 aliphatic heterocycles. The number of hydrogen-bond acceptors (Lipinski definition) is 7. The smallest absolute Gasteiger partial charge is 0.407 e. The molecule has 3 aromatic rings. The number of aromatic amines is 1. The number of esters is 1.